The zero-order chi connectivity index (χ0) is 21.0. The zero-order valence-corrected chi connectivity index (χ0v) is 16.7. The van der Waals surface area contributed by atoms with E-state index in [1.807, 2.05) is 10.6 Å². The van der Waals surface area contributed by atoms with Crippen molar-refractivity contribution >= 4 is 44.7 Å². The smallest absolute Gasteiger partial charge is 0.317 e. The first-order valence-electron chi connectivity index (χ1n) is 9.20. The van der Waals surface area contributed by atoms with E-state index in [9.17, 15) is 27.2 Å². The fourth-order valence-electron chi connectivity index (χ4n) is 4.16. The molecule has 4 rings (SSSR count). The van der Waals surface area contributed by atoms with E-state index in [4.69, 9.17) is 0 Å². The fourth-order valence-corrected chi connectivity index (χ4v) is 4.58. The molecule has 0 spiro atoms. The molecule has 11 heteroatoms. The second kappa shape index (κ2) is 6.96. The van der Waals surface area contributed by atoms with Crippen molar-refractivity contribution in [1.82, 2.24) is 14.9 Å². The number of alkyl halides is 3. The van der Waals surface area contributed by atoms with Gasteiger partial charge in [-0.2, -0.15) is 13.2 Å². The SMILES string of the molecule is O=C(CCC1CCCC1)NC1(C(F)(F)F)C(=O)Nc2nc3c(F)cc(Br)cc3n21. The van der Waals surface area contributed by atoms with Gasteiger partial charge in [0.05, 0.1) is 5.52 Å². The number of carbonyl (C=O) groups excluding carboxylic acids is 2. The van der Waals surface area contributed by atoms with Gasteiger partial charge in [-0.15, -0.1) is 0 Å². The molecule has 1 fully saturated rings. The maximum atomic E-state index is 14.2. The molecule has 1 saturated carbocycles. The van der Waals surface area contributed by atoms with Gasteiger partial charge < -0.3 is 5.32 Å². The maximum Gasteiger partial charge on any atom is 0.440 e. The molecule has 1 atom stereocenters. The Hall–Kier alpha value is -2.17. The second-order valence-corrected chi connectivity index (χ2v) is 8.34. The number of imidazole rings is 1. The van der Waals surface area contributed by atoms with E-state index in [2.05, 4.69) is 20.9 Å². The quantitative estimate of drug-likeness (QED) is 0.649. The van der Waals surface area contributed by atoms with Crippen molar-refractivity contribution in [3.05, 3.63) is 22.4 Å². The summed E-state index contributed by atoms with van der Waals surface area (Å²) in [5.74, 6) is -3.40. The van der Waals surface area contributed by atoms with Crippen molar-refractivity contribution in [2.45, 2.75) is 50.4 Å². The van der Waals surface area contributed by atoms with Crippen molar-refractivity contribution in [3.63, 3.8) is 0 Å². The molecule has 1 aromatic heterocycles. The Bertz CT molecular complexity index is 1000. The molecule has 2 aromatic rings. The van der Waals surface area contributed by atoms with Crippen molar-refractivity contribution in [2.24, 2.45) is 5.92 Å². The number of fused-ring (bicyclic) bond motifs is 3. The number of hydrogen-bond donors (Lipinski definition) is 2. The highest BCUT2D eigenvalue weighted by atomic mass is 79.9. The van der Waals surface area contributed by atoms with Gasteiger partial charge in [-0.1, -0.05) is 41.6 Å². The maximum absolute atomic E-state index is 14.2. The molecule has 1 unspecified atom stereocenters. The second-order valence-electron chi connectivity index (χ2n) is 7.43. The number of rotatable bonds is 4. The topological polar surface area (TPSA) is 76.0 Å². The van der Waals surface area contributed by atoms with Crippen LogP contribution in [-0.2, 0) is 15.3 Å². The van der Waals surface area contributed by atoms with Crippen molar-refractivity contribution < 1.29 is 27.2 Å². The van der Waals surface area contributed by atoms with E-state index in [-0.39, 0.29) is 21.9 Å². The Balaban J connectivity index is 1.75. The molecule has 6 nitrogen and oxygen atoms in total. The lowest BCUT2D eigenvalue weighted by molar-refractivity contribution is -0.217. The number of amides is 2. The van der Waals surface area contributed by atoms with E-state index in [0.717, 1.165) is 31.7 Å². The average molecular weight is 477 g/mol. The molecule has 2 amide bonds. The fraction of sp³-hybridized carbons (Fsp3) is 0.500. The predicted molar refractivity (Wildman–Crippen MR) is 99.4 cm³/mol. The van der Waals surface area contributed by atoms with Crippen LogP contribution in [-0.4, -0.2) is 27.5 Å². The lowest BCUT2D eigenvalue weighted by atomic mass is 10.0. The minimum Gasteiger partial charge on any atom is -0.317 e. The van der Waals surface area contributed by atoms with E-state index in [1.54, 1.807) is 0 Å². The number of nitrogens with one attached hydrogen (secondary N) is 2. The minimum atomic E-state index is -5.18. The first-order chi connectivity index (χ1) is 13.6. The largest absolute Gasteiger partial charge is 0.440 e. The summed E-state index contributed by atoms with van der Waals surface area (Å²) in [5, 5.41) is 3.92. The molecule has 0 saturated heterocycles. The Morgan fingerprint density at radius 2 is 2.03 bits per heavy atom. The van der Waals surface area contributed by atoms with Gasteiger partial charge in [-0.05, 0) is 24.5 Å². The summed E-state index contributed by atoms with van der Waals surface area (Å²) in [5.41, 5.74) is -3.99. The van der Waals surface area contributed by atoms with Crippen LogP contribution in [0.1, 0.15) is 38.5 Å². The average Bonchev–Trinajstić information content (AvgIpc) is 3.30. The number of carbonyl (C=O) groups is 2. The molecule has 1 aliphatic carbocycles. The van der Waals surface area contributed by atoms with Crippen molar-refractivity contribution in [1.29, 1.82) is 0 Å². The molecule has 1 aliphatic heterocycles. The molecule has 0 radical (unpaired) electrons. The summed E-state index contributed by atoms with van der Waals surface area (Å²) in [6, 6.07) is 2.28. The summed E-state index contributed by atoms with van der Waals surface area (Å²) in [6.07, 6.45) is -0.867. The van der Waals surface area contributed by atoms with Crippen LogP contribution in [0.25, 0.3) is 11.0 Å². The molecule has 156 valence electrons. The molecule has 2 N–H and O–H groups in total. The molecule has 2 aliphatic rings. The van der Waals surface area contributed by atoms with Gasteiger partial charge in [-0.25, -0.2) is 9.37 Å². The third kappa shape index (κ3) is 3.19. The van der Waals surface area contributed by atoms with Crippen LogP contribution in [0, 0.1) is 11.7 Å². The number of hydrogen-bond acceptors (Lipinski definition) is 3. The zero-order valence-electron chi connectivity index (χ0n) is 15.1. The van der Waals surface area contributed by atoms with Crippen LogP contribution in [0.2, 0.25) is 0 Å². The third-order valence-electron chi connectivity index (χ3n) is 5.55. The monoisotopic (exact) mass is 476 g/mol. The van der Waals surface area contributed by atoms with Gasteiger partial charge >= 0.3 is 6.18 Å². The van der Waals surface area contributed by atoms with Gasteiger partial charge in [0.2, 0.25) is 11.9 Å². The lowest BCUT2D eigenvalue weighted by Crippen LogP contribution is -2.63. The first-order valence-corrected chi connectivity index (χ1v) is 10.00. The van der Waals surface area contributed by atoms with Crippen molar-refractivity contribution in [3.8, 4) is 0 Å². The van der Waals surface area contributed by atoms with E-state index in [1.165, 1.54) is 6.07 Å². The highest BCUT2D eigenvalue weighted by Crippen LogP contribution is 2.44. The summed E-state index contributed by atoms with van der Waals surface area (Å²) in [4.78, 5) is 28.7. The summed E-state index contributed by atoms with van der Waals surface area (Å²) in [6.45, 7) is 0. The Labute approximate surface area is 171 Å². The Morgan fingerprint density at radius 1 is 1.34 bits per heavy atom. The Kier molecular flexibility index (Phi) is 4.83. The van der Waals surface area contributed by atoms with Crippen molar-refractivity contribution in [2.75, 3.05) is 5.32 Å². The molecule has 29 heavy (non-hydrogen) atoms. The number of halogens is 5. The lowest BCUT2D eigenvalue weighted by Gasteiger charge is -2.32. The van der Waals surface area contributed by atoms with Crippen LogP contribution >= 0.6 is 15.9 Å². The van der Waals surface area contributed by atoms with E-state index < -0.39 is 35.4 Å². The number of benzene rings is 1. The standard InChI is InChI=1S/C18H17BrF4N4O2/c19-10-7-11(20)14-12(8-10)27-16(24-14)25-15(29)17(27,18(21,22)23)26-13(28)6-5-9-3-1-2-4-9/h7-9H,1-6H2,(H,26,28)(H,24,25,29). The normalized spacial score (nSPS) is 22.2. The highest BCUT2D eigenvalue weighted by Gasteiger charge is 2.67. The molecular weight excluding hydrogens is 460 g/mol. The van der Waals surface area contributed by atoms with Gasteiger partial charge in [0.15, 0.2) is 5.82 Å². The summed E-state index contributed by atoms with van der Waals surface area (Å²) >= 11 is 3.04. The summed E-state index contributed by atoms with van der Waals surface area (Å²) < 4.78 is 57.6. The van der Waals surface area contributed by atoms with Gasteiger partial charge in [0.1, 0.15) is 5.52 Å². The summed E-state index contributed by atoms with van der Waals surface area (Å²) in [7, 11) is 0. The van der Waals surface area contributed by atoms with Gasteiger partial charge in [0, 0.05) is 10.9 Å². The highest BCUT2D eigenvalue weighted by molar-refractivity contribution is 9.10. The van der Waals surface area contributed by atoms with E-state index in [0.29, 0.717) is 16.9 Å². The van der Waals surface area contributed by atoms with Crippen LogP contribution in [0.4, 0.5) is 23.5 Å². The molecule has 0 bridgehead atoms. The molecule has 2 heterocycles. The first kappa shape index (κ1) is 20.1. The van der Waals surface area contributed by atoms with Crippen LogP contribution in [0.5, 0.6) is 0 Å². The van der Waals surface area contributed by atoms with Crippen LogP contribution in [0.3, 0.4) is 0 Å². The number of anilines is 1. The van der Waals surface area contributed by atoms with Gasteiger partial charge in [-0.3, -0.25) is 19.5 Å². The molecular formula is C18H17BrF4N4O2. The third-order valence-corrected chi connectivity index (χ3v) is 6.01. The van der Waals surface area contributed by atoms with Gasteiger partial charge in [0.25, 0.3) is 11.6 Å². The predicted octanol–water partition coefficient (Wildman–Crippen LogP) is 4.19. The van der Waals surface area contributed by atoms with Crippen LogP contribution in [0.15, 0.2) is 16.6 Å². The number of nitrogens with zero attached hydrogens (tertiary/aromatic N) is 2. The minimum absolute atomic E-state index is 0.129. The Morgan fingerprint density at radius 3 is 2.69 bits per heavy atom. The number of aromatic nitrogens is 2. The van der Waals surface area contributed by atoms with E-state index >= 15 is 0 Å². The molecule has 1 aromatic carbocycles. The van der Waals surface area contributed by atoms with Crippen LogP contribution < -0.4 is 10.6 Å².